The van der Waals surface area contributed by atoms with Crippen LogP contribution in [0.1, 0.15) is 44.0 Å². The molecule has 0 aliphatic rings. The molecule has 0 radical (unpaired) electrons. The molecule has 30 heavy (non-hydrogen) atoms. The predicted octanol–water partition coefficient (Wildman–Crippen LogP) is 2.56. The molecule has 1 aromatic heterocycles. The van der Waals surface area contributed by atoms with Gasteiger partial charge in [-0.25, -0.2) is 4.79 Å². The topological polar surface area (TPSA) is 93.5 Å². The standard InChI is InChI=1S/C21H30N4O4S/c1-21(2,3)29-20(27)25(5)18(16-12-22-24(4)13-16)19(26)23-17(14-30(6)28)15-10-8-7-9-11-15/h7-13,17-18H,14H2,1-6H3,(H,23,26)/t17-,18-,30+/m0/s1. The maximum absolute atomic E-state index is 13.3. The number of benzene rings is 1. The molecule has 2 aromatic rings. The van der Waals surface area contributed by atoms with Gasteiger partial charge in [0.15, 0.2) is 0 Å². The van der Waals surface area contributed by atoms with E-state index in [9.17, 15) is 13.8 Å². The summed E-state index contributed by atoms with van der Waals surface area (Å²) in [5, 5.41) is 7.08. The number of hydrogen-bond acceptors (Lipinski definition) is 5. The summed E-state index contributed by atoms with van der Waals surface area (Å²) in [6.07, 6.45) is 4.19. The van der Waals surface area contributed by atoms with E-state index in [1.54, 1.807) is 51.2 Å². The van der Waals surface area contributed by atoms with Gasteiger partial charge in [-0.1, -0.05) is 30.3 Å². The molecular weight excluding hydrogens is 404 g/mol. The van der Waals surface area contributed by atoms with Crippen molar-refractivity contribution in [1.29, 1.82) is 0 Å². The minimum atomic E-state index is -1.14. The second-order valence-electron chi connectivity index (χ2n) is 8.15. The number of carbonyl (C=O) groups is 2. The van der Waals surface area contributed by atoms with E-state index in [1.807, 2.05) is 30.3 Å². The van der Waals surface area contributed by atoms with Crippen LogP contribution in [-0.2, 0) is 27.4 Å². The van der Waals surface area contributed by atoms with Crippen molar-refractivity contribution in [2.24, 2.45) is 7.05 Å². The quantitative estimate of drug-likeness (QED) is 0.723. The first-order chi connectivity index (χ1) is 14.0. The Labute approximate surface area is 180 Å². The van der Waals surface area contributed by atoms with Gasteiger partial charge in [0.1, 0.15) is 11.6 Å². The first-order valence-corrected chi connectivity index (χ1v) is 11.3. The van der Waals surface area contributed by atoms with Crippen molar-refractivity contribution in [3.05, 3.63) is 53.9 Å². The van der Waals surface area contributed by atoms with Crippen LogP contribution >= 0.6 is 0 Å². The van der Waals surface area contributed by atoms with Crippen LogP contribution in [-0.4, -0.2) is 55.5 Å². The third-order valence-electron chi connectivity index (χ3n) is 4.28. The van der Waals surface area contributed by atoms with Gasteiger partial charge in [0.2, 0.25) is 5.91 Å². The lowest BCUT2D eigenvalue weighted by atomic mass is 10.1. The van der Waals surface area contributed by atoms with Crippen LogP contribution in [0.3, 0.4) is 0 Å². The molecule has 0 saturated carbocycles. The van der Waals surface area contributed by atoms with Crippen molar-refractivity contribution >= 4 is 22.8 Å². The van der Waals surface area contributed by atoms with E-state index in [0.717, 1.165) is 5.56 Å². The summed E-state index contributed by atoms with van der Waals surface area (Å²) < 4.78 is 18.9. The van der Waals surface area contributed by atoms with Gasteiger partial charge >= 0.3 is 6.09 Å². The highest BCUT2D eigenvalue weighted by atomic mass is 32.2. The summed E-state index contributed by atoms with van der Waals surface area (Å²) in [4.78, 5) is 27.3. The molecule has 2 amide bonds. The average Bonchev–Trinajstić information content (AvgIpc) is 3.06. The monoisotopic (exact) mass is 434 g/mol. The lowest BCUT2D eigenvalue weighted by molar-refractivity contribution is -0.126. The maximum Gasteiger partial charge on any atom is 0.410 e. The molecule has 0 fully saturated rings. The van der Waals surface area contributed by atoms with Crippen LogP contribution in [0, 0.1) is 0 Å². The Kier molecular flexibility index (Phi) is 7.77. The highest BCUT2D eigenvalue weighted by Crippen LogP contribution is 2.24. The SMILES string of the molecule is CN(C(=O)OC(C)(C)C)[C@H](C(=O)N[C@@H](C[S@@](C)=O)c1ccccc1)c1cnn(C)c1. The van der Waals surface area contributed by atoms with Crippen LogP contribution < -0.4 is 5.32 Å². The Morgan fingerprint density at radius 2 is 1.87 bits per heavy atom. The van der Waals surface area contributed by atoms with Crippen molar-refractivity contribution in [2.75, 3.05) is 19.1 Å². The Bertz CT molecular complexity index is 892. The summed E-state index contributed by atoms with van der Waals surface area (Å²) in [5.74, 6) is -0.151. The Balaban J connectivity index is 2.33. The van der Waals surface area contributed by atoms with Gasteiger partial charge in [0.05, 0.1) is 12.2 Å². The van der Waals surface area contributed by atoms with Crippen molar-refractivity contribution < 1.29 is 18.5 Å². The molecule has 1 aromatic carbocycles. The first-order valence-electron chi connectivity index (χ1n) is 9.57. The number of nitrogens with one attached hydrogen (secondary N) is 1. The molecule has 0 bridgehead atoms. The number of amides is 2. The highest BCUT2D eigenvalue weighted by molar-refractivity contribution is 7.84. The second kappa shape index (κ2) is 9.88. The third kappa shape index (κ3) is 6.69. The lowest BCUT2D eigenvalue weighted by Crippen LogP contribution is -2.45. The number of hydrogen-bond donors (Lipinski definition) is 1. The Morgan fingerprint density at radius 1 is 1.23 bits per heavy atom. The van der Waals surface area contributed by atoms with E-state index < -0.39 is 40.5 Å². The molecule has 0 spiro atoms. The largest absolute Gasteiger partial charge is 0.444 e. The fraction of sp³-hybridized carbons (Fsp3) is 0.476. The molecule has 2 rings (SSSR count). The molecule has 0 saturated heterocycles. The van der Waals surface area contributed by atoms with E-state index in [0.29, 0.717) is 5.56 Å². The van der Waals surface area contributed by atoms with Crippen LogP contribution in [0.5, 0.6) is 0 Å². The van der Waals surface area contributed by atoms with Gasteiger partial charge in [-0.15, -0.1) is 0 Å². The molecule has 8 nitrogen and oxygen atoms in total. The molecule has 1 heterocycles. The molecule has 1 N–H and O–H groups in total. The summed E-state index contributed by atoms with van der Waals surface area (Å²) >= 11 is 0. The van der Waals surface area contributed by atoms with Crippen molar-refractivity contribution in [3.8, 4) is 0 Å². The minimum Gasteiger partial charge on any atom is -0.444 e. The number of ether oxygens (including phenoxy) is 1. The lowest BCUT2D eigenvalue weighted by Gasteiger charge is -2.30. The molecular formula is C21H30N4O4S. The van der Waals surface area contributed by atoms with Gasteiger partial charge in [-0.05, 0) is 26.3 Å². The average molecular weight is 435 g/mol. The van der Waals surface area contributed by atoms with Crippen molar-refractivity contribution in [3.63, 3.8) is 0 Å². The predicted molar refractivity (Wildman–Crippen MR) is 116 cm³/mol. The number of rotatable bonds is 7. The van der Waals surface area contributed by atoms with Crippen molar-refractivity contribution in [2.45, 2.75) is 38.5 Å². The zero-order chi connectivity index (χ0) is 22.5. The fourth-order valence-electron chi connectivity index (χ4n) is 2.96. The summed E-state index contributed by atoms with van der Waals surface area (Å²) in [6, 6.07) is 7.92. The van der Waals surface area contributed by atoms with E-state index in [1.165, 1.54) is 11.9 Å². The van der Waals surface area contributed by atoms with Gasteiger partial charge in [0.25, 0.3) is 0 Å². The summed E-state index contributed by atoms with van der Waals surface area (Å²) in [7, 11) is 2.11. The third-order valence-corrected chi connectivity index (χ3v) is 5.08. The normalized spacial score (nSPS) is 14.5. The molecule has 0 aliphatic carbocycles. The zero-order valence-electron chi connectivity index (χ0n) is 18.3. The van der Waals surface area contributed by atoms with Crippen LogP contribution in [0.2, 0.25) is 0 Å². The molecule has 0 unspecified atom stereocenters. The van der Waals surface area contributed by atoms with Crippen LogP contribution in [0.4, 0.5) is 4.79 Å². The zero-order valence-corrected chi connectivity index (χ0v) is 19.1. The second-order valence-corrected chi connectivity index (χ2v) is 9.63. The van der Waals surface area contributed by atoms with Gasteiger partial charge in [-0.2, -0.15) is 5.10 Å². The van der Waals surface area contributed by atoms with E-state index >= 15 is 0 Å². The molecule has 3 atom stereocenters. The Morgan fingerprint density at radius 3 is 2.37 bits per heavy atom. The summed E-state index contributed by atoms with van der Waals surface area (Å²) in [5.41, 5.74) is 0.686. The number of nitrogens with zero attached hydrogens (tertiary/aromatic N) is 3. The van der Waals surface area contributed by atoms with Crippen LogP contribution in [0.15, 0.2) is 42.7 Å². The summed E-state index contributed by atoms with van der Waals surface area (Å²) in [6.45, 7) is 5.29. The van der Waals surface area contributed by atoms with Gasteiger partial charge in [0, 0.05) is 48.7 Å². The fourth-order valence-corrected chi connectivity index (χ4v) is 3.71. The Hall–Kier alpha value is -2.68. The minimum absolute atomic E-state index is 0.256. The van der Waals surface area contributed by atoms with Gasteiger partial charge in [-0.3, -0.25) is 18.6 Å². The number of aromatic nitrogens is 2. The van der Waals surface area contributed by atoms with E-state index in [4.69, 9.17) is 4.74 Å². The molecule has 0 aliphatic heterocycles. The number of aryl methyl sites for hydroxylation is 1. The van der Waals surface area contributed by atoms with E-state index in [-0.39, 0.29) is 5.75 Å². The molecule has 9 heteroatoms. The van der Waals surface area contributed by atoms with E-state index in [2.05, 4.69) is 10.4 Å². The smallest absolute Gasteiger partial charge is 0.410 e. The molecule has 164 valence electrons. The van der Waals surface area contributed by atoms with Gasteiger partial charge < -0.3 is 10.1 Å². The van der Waals surface area contributed by atoms with Crippen molar-refractivity contribution in [1.82, 2.24) is 20.0 Å². The first kappa shape index (κ1) is 23.6. The maximum atomic E-state index is 13.3. The number of likely N-dealkylation sites (N-methyl/N-ethyl adjacent to an activating group) is 1. The van der Waals surface area contributed by atoms with Crippen LogP contribution in [0.25, 0.3) is 0 Å². The number of carbonyl (C=O) groups excluding carboxylic acids is 2. The highest BCUT2D eigenvalue weighted by Gasteiger charge is 2.34.